The predicted octanol–water partition coefficient (Wildman–Crippen LogP) is 2.72. The number of likely N-dealkylation sites (tertiary alicyclic amines) is 1. The molecule has 0 spiro atoms. The number of hydrogen-bond donors (Lipinski definition) is 1. The first-order chi connectivity index (χ1) is 15.0. The number of nitrogens with one attached hydrogen (secondary N) is 1. The molecule has 0 saturated carbocycles. The second kappa shape index (κ2) is 10.6. The number of para-hydroxylation sites is 1. The lowest BCUT2D eigenvalue weighted by Crippen LogP contribution is -2.41. The molecule has 2 amide bonds. The second-order valence-electron chi connectivity index (χ2n) is 7.58. The van der Waals surface area contributed by atoms with E-state index in [4.69, 9.17) is 9.47 Å². The van der Waals surface area contributed by atoms with Gasteiger partial charge in [-0.25, -0.2) is 0 Å². The van der Waals surface area contributed by atoms with Crippen molar-refractivity contribution in [3.8, 4) is 5.75 Å². The normalized spacial score (nSPS) is 14.1. The number of carbonyl (C=O) groups excluding carboxylic acids is 3. The minimum Gasteiger partial charge on any atom is -0.496 e. The fourth-order valence-corrected chi connectivity index (χ4v) is 3.65. The van der Waals surface area contributed by atoms with E-state index in [-0.39, 0.29) is 24.3 Å². The van der Waals surface area contributed by atoms with Gasteiger partial charge in [-0.3, -0.25) is 14.4 Å². The monoisotopic (exact) mass is 424 g/mol. The summed E-state index contributed by atoms with van der Waals surface area (Å²) in [4.78, 5) is 38.9. The van der Waals surface area contributed by atoms with Gasteiger partial charge in [0.25, 0.3) is 11.8 Å². The Labute approximate surface area is 182 Å². The van der Waals surface area contributed by atoms with Gasteiger partial charge in [-0.2, -0.15) is 0 Å². The third-order valence-electron chi connectivity index (χ3n) is 5.51. The number of rotatable bonds is 7. The van der Waals surface area contributed by atoms with Crippen molar-refractivity contribution in [2.75, 3.05) is 26.8 Å². The van der Waals surface area contributed by atoms with Crippen molar-refractivity contribution < 1.29 is 23.9 Å². The van der Waals surface area contributed by atoms with Gasteiger partial charge in [-0.1, -0.05) is 36.4 Å². The molecule has 1 aliphatic rings. The minimum atomic E-state index is -0.393. The van der Waals surface area contributed by atoms with E-state index in [1.54, 1.807) is 12.0 Å². The van der Waals surface area contributed by atoms with Gasteiger partial charge in [0.15, 0.2) is 6.61 Å². The molecule has 3 rings (SSSR count). The van der Waals surface area contributed by atoms with Crippen LogP contribution in [0, 0.1) is 12.8 Å². The van der Waals surface area contributed by atoms with Crippen LogP contribution in [-0.4, -0.2) is 49.5 Å². The maximum Gasteiger partial charge on any atom is 0.309 e. The van der Waals surface area contributed by atoms with Gasteiger partial charge in [0, 0.05) is 30.8 Å². The van der Waals surface area contributed by atoms with Gasteiger partial charge in [0.05, 0.1) is 13.0 Å². The van der Waals surface area contributed by atoms with Crippen molar-refractivity contribution in [3.05, 3.63) is 65.2 Å². The van der Waals surface area contributed by atoms with Gasteiger partial charge in [0.2, 0.25) is 0 Å². The average molecular weight is 424 g/mol. The van der Waals surface area contributed by atoms with Crippen LogP contribution in [0.4, 0.5) is 0 Å². The minimum absolute atomic E-state index is 0.0133. The molecule has 0 bridgehead atoms. The Bertz CT molecular complexity index is 935. The summed E-state index contributed by atoms with van der Waals surface area (Å²) in [5, 5.41) is 2.73. The van der Waals surface area contributed by atoms with Crippen molar-refractivity contribution in [2.24, 2.45) is 5.92 Å². The molecule has 1 aliphatic heterocycles. The second-order valence-corrected chi connectivity index (χ2v) is 7.58. The van der Waals surface area contributed by atoms with E-state index in [1.165, 1.54) is 0 Å². The molecule has 2 aromatic carbocycles. The highest BCUT2D eigenvalue weighted by Gasteiger charge is 2.29. The lowest BCUT2D eigenvalue weighted by atomic mass is 9.96. The van der Waals surface area contributed by atoms with E-state index in [9.17, 15) is 14.4 Å². The highest BCUT2D eigenvalue weighted by Crippen LogP contribution is 2.21. The Kier molecular flexibility index (Phi) is 7.65. The fourth-order valence-electron chi connectivity index (χ4n) is 3.65. The summed E-state index contributed by atoms with van der Waals surface area (Å²) in [6.07, 6.45) is 1.05. The van der Waals surface area contributed by atoms with Crippen molar-refractivity contribution in [1.82, 2.24) is 10.2 Å². The zero-order chi connectivity index (χ0) is 22.2. The summed E-state index contributed by atoms with van der Waals surface area (Å²) < 4.78 is 10.5. The number of carbonyl (C=O) groups is 3. The first kappa shape index (κ1) is 22.3. The number of nitrogens with zero attached hydrogens (tertiary/aromatic N) is 1. The van der Waals surface area contributed by atoms with Crippen LogP contribution in [0.5, 0.6) is 5.75 Å². The maximum atomic E-state index is 12.7. The Morgan fingerprint density at radius 1 is 1.03 bits per heavy atom. The van der Waals surface area contributed by atoms with Gasteiger partial charge in [-0.15, -0.1) is 0 Å². The Balaban J connectivity index is 1.41. The molecule has 164 valence electrons. The fraction of sp³-hybridized carbons (Fsp3) is 0.375. The molecule has 0 unspecified atom stereocenters. The smallest absolute Gasteiger partial charge is 0.309 e. The van der Waals surface area contributed by atoms with Gasteiger partial charge in [0.1, 0.15) is 5.75 Å². The molecular formula is C24H28N2O5. The molecule has 0 aliphatic carbocycles. The number of esters is 1. The Morgan fingerprint density at radius 3 is 2.42 bits per heavy atom. The predicted molar refractivity (Wildman–Crippen MR) is 116 cm³/mol. The number of hydrogen-bond acceptors (Lipinski definition) is 5. The van der Waals surface area contributed by atoms with Crippen LogP contribution in [0.25, 0.3) is 0 Å². The molecule has 7 nitrogen and oxygen atoms in total. The zero-order valence-electron chi connectivity index (χ0n) is 17.9. The molecule has 31 heavy (non-hydrogen) atoms. The van der Waals surface area contributed by atoms with E-state index < -0.39 is 5.97 Å². The van der Waals surface area contributed by atoms with Crippen molar-refractivity contribution in [3.63, 3.8) is 0 Å². The van der Waals surface area contributed by atoms with Gasteiger partial charge >= 0.3 is 5.97 Å². The summed E-state index contributed by atoms with van der Waals surface area (Å²) in [5.41, 5.74) is 2.47. The summed E-state index contributed by atoms with van der Waals surface area (Å²) in [5.74, 6) is -0.391. The zero-order valence-corrected chi connectivity index (χ0v) is 17.9. The third kappa shape index (κ3) is 5.84. The highest BCUT2D eigenvalue weighted by molar-refractivity contribution is 5.95. The Morgan fingerprint density at radius 2 is 1.71 bits per heavy atom. The first-order valence-electron chi connectivity index (χ1n) is 10.4. The van der Waals surface area contributed by atoms with E-state index in [0.29, 0.717) is 43.8 Å². The largest absolute Gasteiger partial charge is 0.496 e. The first-order valence-corrected chi connectivity index (χ1v) is 10.4. The van der Waals surface area contributed by atoms with Gasteiger partial charge < -0.3 is 19.7 Å². The molecule has 7 heteroatoms. The van der Waals surface area contributed by atoms with Crippen LogP contribution in [0.1, 0.15) is 34.3 Å². The standard InChI is InChI=1S/C24H28N2O5/c1-17-7-3-5-9-20(17)23(28)26-13-11-18(12-14-26)24(29)31-16-22(27)25-15-19-8-4-6-10-21(19)30-2/h3-10,18H,11-16H2,1-2H3,(H,25,27). The van der Waals surface area contributed by atoms with Gasteiger partial charge in [-0.05, 0) is 37.5 Å². The lowest BCUT2D eigenvalue weighted by Gasteiger charge is -2.31. The third-order valence-corrected chi connectivity index (χ3v) is 5.51. The van der Waals surface area contributed by atoms with Crippen LogP contribution in [-0.2, 0) is 20.9 Å². The summed E-state index contributed by atoms with van der Waals surface area (Å²) >= 11 is 0. The number of piperidine rings is 1. The van der Waals surface area contributed by atoms with Crippen LogP contribution < -0.4 is 10.1 Å². The van der Waals surface area contributed by atoms with E-state index in [1.807, 2.05) is 55.5 Å². The summed E-state index contributed by atoms with van der Waals surface area (Å²) in [6.45, 7) is 2.87. The molecule has 2 aromatic rings. The van der Waals surface area contributed by atoms with Crippen LogP contribution in [0.15, 0.2) is 48.5 Å². The average Bonchev–Trinajstić information content (AvgIpc) is 2.81. The molecule has 1 N–H and O–H groups in total. The number of benzene rings is 2. The van der Waals surface area contributed by atoms with Crippen LogP contribution in [0.2, 0.25) is 0 Å². The maximum absolute atomic E-state index is 12.7. The van der Waals surface area contributed by atoms with Crippen LogP contribution >= 0.6 is 0 Å². The molecule has 0 radical (unpaired) electrons. The van der Waals surface area contributed by atoms with Crippen molar-refractivity contribution in [2.45, 2.75) is 26.3 Å². The van der Waals surface area contributed by atoms with Crippen molar-refractivity contribution in [1.29, 1.82) is 0 Å². The van der Waals surface area contributed by atoms with E-state index in [0.717, 1.165) is 11.1 Å². The molecular weight excluding hydrogens is 396 g/mol. The Hall–Kier alpha value is -3.35. The quantitative estimate of drug-likeness (QED) is 0.691. The number of ether oxygens (including phenoxy) is 2. The SMILES string of the molecule is COc1ccccc1CNC(=O)COC(=O)C1CCN(C(=O)c2ccccc2C)CC1. The molecule has 0 aromatic heterocycles. The van der Waals surface area contributed by atoms with E-state index in [2.05, 4.69) is 5.32 Å². The topological polar surface area (TPSA) is 84.9 Å². The molecule has 1 fully saturated rings. The van der Waals surface area contributed by atoms with Crippen LogP contribution in [0.3, 0.4) is 0 Å². The van der Waals surface area contributed by atoms with E-state index >= 15 is 0 Å². The van der Waals surface area contributed by atoms with Crippen molar-refractivity contribution >= 4 is 17.8 Å². The highest BCUT2D eigenvalue weighted by atomic mass is 16.5. The number of aryl methyl sites for hydroxylation is 1. The molecule has 0 atom stereocenters. The number of amides is 2. The number of methoxy groups -OCH3 is 1. The lowest BCUT2D eigenvalue weighted by molar-refractivity contribution is -0.153. The molecule has 1 saturated heterocycles. The summed E-state index contributed by atoms with van der Waals surface area (Å²) in [6, 6.07) is 14.9. The summed E-state index contributed by atoms with van der Waals surface area (Å²) in [7, 11) is 1.57. The molecule has 1 heterocycles.